The van der Waals surface area contributed by atoms with E-state index in [1.165, 1.54) is 51.7 Å². The molecule has 1 aliphatic heterocycles. The Bertz CT molecular complexity index is 690. The Morgan fingerprint density at radius 1 is 1.17 bits per heavy atom. The zero-order valence-corrected chi connectivity index (χ0v) is 16.9. The number of alkyl halides is 3. The number of nitrogens with one attached hydrogen (secondary N) is 1. The second-order valence-electron chi connectivity index (χ2n) is 8.64. The number of carbonyl (C=O) groups is 2. The highest BCUT2D eigenvalue weighted by atomic mass is 19.4. The van der Waals surface area contributed by atoms with Crippen LogP contribution in [0.3, 0.4) is 0 Å². The number of rotatable bonds is 6. The number of carbonyl (C=O) groups excluding carboxylic acids is 1. The van der Waals surface area contributed by atoms with Crippen LogP contribution in [0.15, 0.2) is 22.8 Å². The van der Waals surface area contributed by atoms with Gasteiger partial charge in [0.1, 0.15) is 5.76 Å². The third-order valence-corrected chi connectivity index (χ3v) is 6.26. The molecule has 1 aromatic rings. The normalized spacial score (nSPS) is 26.4. The van der Waals surface area contributed by atoms with E-state index in [1.807, 2.05) is 12.1 Å². The number of amides is 1. The van der Waals surface area contributed by atoms with Gasteiger partial charge in [-0.15, -0.1) is 0 Å². The van der Waals surface area contributed by atoms with E-state index in [-0.39, 0.29) is 5.91 Å². The molecule has 0 spiro atoms. The van der Waals surface area contributed by atoms with E-state index in [0.29, 0.717) is 18.9 Å². The summed E-state index contributed by atoms with van der Waals surface area (Å²) in [7, 11) is 0. The summed E-state index contributed by atoms with van der Waals surface area (Å²) in [6, 6.07) is 3.77. The van der Waals surface area contributed by atoms with E-state index in [0.717, 1.165) is 23.5 Å². The molecule has 1 saturated heterocycles. The van der Waals surface area contributed by atoms with Gasteiger partial charge in [-0.3, -0.25) is 4.79 Å². The molecule has 1 aromatic heterocycles. The van der Waals surface area contributed by atoms with Crippen LogP contribution >= 0.6 is 0 Å². The van der Waals surface area contributed by atoms with E-state index < -0.39 is 12.1 Å². The van der Waals surface area contributed by atoms with Gasteiger partial charge < -0.3 is 19.7 Å². The average molecular weight is 430 g/mol. The quantitative estimate of drug-likeness (QED) is 0.720. The lowest BCUT2D eigenvalue weighted by Crippen LogP contribution is -2.50. The number of furan rings is 1. The van der Waals surface area contributed by atoms with Crippen molar-refractivity contribution >= 4 is 11.9 Å². The molecule has 2 bridgehead atoms. The molecule has 3 fully saturated rings. The van der Waals surface area contributed by atoms with Gasteiger partial charge in [0.25, 0.3) is 0 Å². The molecule has 0 radical (unpaired) electrons. The Kier molecular flexibility index (Phi) is 7.44. The number of nitrogens with zero attached hydrogens (tertiary/aromatic N) is 1. The van der Waals surface area contributed by atoms with Crippen LogP contribution in [-0.4, -0.2) is 47.7 Å². The highest BCUT2D eigenvalue weighted by Crippen LogP contribution is 2.42. The van der Waals surface area contributed by atoms with Crippen molar-refractivity contribution in [3.8, 4) is 0 Å². The van der Waals surface area contributed by atoms with Gasteiger partial charge in [0.2, 0.25) is 5.91 Å². The molecule has 9 heteroatoms. The highest BCUT2D eigenvalue weighted by molar-refractivity contribution is 5.76. The van der Waals surface area contributed by atoms with Crippen molar-refractivity contribution < 1.29 is 32.3 Å². The Balaban J connectivity index is 0.000000318. The molecule has 2 heterocycles. The third-order valence-electron chi connectivity index (χ3n) is 6.26. The minimum absolute atomic E-state index is 0.193. The van der Waals surface area contributed by atoms with Crippen molar-refractivity contribution in [2.24, 2.45) is 23.7 Å². The van der Waals surface area contributed by atoms with Crippen molar-refractivity contribution in [2.45, 2.75) is 51.2 Å². The molecule has 2 aliphatic carbocycles. The number of hydrogen-bond acceptors (Lipinski definition) is 4. The predicted octanol–water partition coefficient (Wildman–Crippen LogP) is 3.68. The minimum atomic E-state index is -5.08. The van der Waals surface area contributed by atoms with Crippen LogP contribution in [0.5, 0.6) is 0 Å². The van der Waals surface area contributed by atoms with Crippen LogP contribution in [0.4, 0.5) is 13.2 Å². The second-order valence-corrected chi connectivity index (χ2v) is 8.64. The lowest BCUT2D eigenvalue weighted by atomic mass is 9.67. The molecule has 168 valence electrons. The van der Waals surface area contributed by atoms with Gasteiger partial charge in [-0.25, -0.2) is 4.79 Å². The monoisotopic (exact) mass is 430 g/mol. The molecule has 2 atom stereocenters. The molecule has 4 rings (SSSR count). The number of likely N-dealkylation sites (tertiary alicyclic amines) is 1. The second kappa shape index (κ2) is 9.85. The summed E-state index contributed by atoms with van der Waals surface area (Å²) < 4.78 is 37.0. The smallest absolute Gasteiger partial charge is 0.475 e. The van der Waals surface area contributed by atoms with E-state index >= 15 is 0 Å². The molecule has 2 N–H and O–H groups in total. The summed E-state index contributed by atoms with van der Waals surface area (Å²) >= 11 is 0. The van der Waals surface area contributed by atoms with E-state index in [9.17, 15) is 18.0 Å². The summed E-state index contributed by atoms with van der Waals surface area (Å²) in [6.07, 6.45) is 4.13. The maximum absolute atomic E-state index is 12.3. The fourth-order valence-electron chi connectivity index (χ4n) is 4.68. The molecule has 6 nitrogen and oxygen atoms in total. The maximum Gasteiger partial charge on any atom is 0.490 e. The fourth-order valence-corrected chi connectivity index (χ4v) is 4.68. The molecule has 2 unspecified atom stereocenters. The molecule has 2 saturated carbocycles. The van der Waals surface area contributed by atoms with Crippen LogP contribution in [0.25, 0.3) is 0 Å². The van der Waals surface area contributed by atoms with Crippen molar-refractivity contribution in [1.29, 1.82) is 0 Å². The van der Waals surface area contributed by atoms with Gasteiger partial charge in [-0.1, -0.05) is 6.42 Å². The maximum atomic E-state index is 12.3. The third kappa shape index (κ3) is 6.75. The first kappa shape index (κ1) is 22.7. The lowest BCUT2D eigenvalue weighted by Gasteiger charge is -2.47. The Hall–Kier alpha value is -2.03. The Labute approximate surface area is 173 Å². The van der Waals surface area contributed by atoms with Crippen LogP contribution < -0.4 is 5.32 Å². The first-order chi connectivity index (χ1) is 14.2. The first-order valence-electron chi connectivity index (χ1n) is 10.5. The number of piperidine rings is 1. The number of hydrogen-bond donors (Lipinski definition) is 2. The standard InChI is InChI=1S/C19H28N2O2.C2HF3O2/c22-19(20-10-17-5-2-8-23-17)9-18-15-3-1-4-16(18)13-21(12-15)11-14-6-7-14;3-2(4,5)1(6)7/h2,5,8,14-16,18H,1,3-4,6-7,9-13H2,(H,20,22);(H,6,7). The van der Waals surface area contributed by atoms with Crippen LogP contribution in [-0.2, 0) is 16.1 Å². The largest absolute Gasteiger partial charge is 0.490 e. The SMILES string of the molecule is O=C(CC1C2CCCC1CN(CC1CC1)C2)NCc1ccco1.O=C(O)C(F)(F)F. The summed E-state index contributed by atoms with van der Waals surface area (Å²) in [5, 5.41) is 10.2. The van der Waals surface area contributed by atoms with Gasteiger partial charge in [0.05, 0.1) is 12.8 Å². The van der Waals surface area contributed by atoms with Crippen LogP contribution in [0.1, 0.15) is 44.3 Å². The van der Waals surface area contributed by atoms with Crippen molar-refractivity contribution in [1.82, 2.24) is 10.2 Å². The fraction of sp³-hybridized carbons (Fsp3) is 0.714. The zero-order chi connectivity index (χ0) is 21.7. The summed E-state index contributed by atoms with van der Waals surface area (Å²) in [5.41, 5.74) is 0. The molecule has 1 amide bonds. The molecular formula is C21H29F3N2O4. The van der Waals surface area contributed by atoms with E-state index in [2.05, 4.69) is 10.2 Å². The molecule has 3 aliphatic rings. The van der Waals surface area contributed by atoms with Gasteiger partial charge in [-0.2, -0.15) is 13.2 Å². The summed E-state index contributed by atoms with van der Waals surface area (Å²) in [5.74, 6) is 1.30. The zero-order valence-electron chi connectivity index (χ0n) is 16.9. The number of carboxylic acids is 1. The summed E-state index contributed by atoms with van der Waals surface area (Å²) in [6.45, 7) is 4.28. The molecule has 30 heavy (non-hydrogen) atoms. The topological polar surface area (TPSA) is 82.8 Å². The van der Waals surface area contributed by atoms with Gasteiger partial charge in [-0.05, 0) is 61.5 Å². The van der Waals surface area contributed by atoms with Crippen molar-refractivity contribution in [3.63, 3.8) is 0 Å². The van der Waals surface area contributed by atoms with Crippen LogP contribution in [0, 0.1) is 23.7 Å². The van der Waals surface area contributed by atoms with Gasteiger partial charge >= 0.3 is 12.1 Å². The predicted molar refractivity (Wildman–Crippen MR) is 102 cm³/mol. The Morgan fingerprint density at radius 3 is 2.30 bits per heavy atom. The lowest BCUT2D eigenvalue weighted by molar-refractivity contribution is -0.192. The van der Waals surface area contributed by atoms with Crippen LogP contribution in [0.2, 0.25) is 0 Å². The number of aliphatic carboxylic acids is 1. The average Bonchev–Trinajstić information content (AvgIpc) is 3.31. The van der Waals surface area contributed by atoms with Gasteiger partial charge in [0, 0.05) is 26.1 Å². The minimum Gasteiger partial charge on any atom is -0.475 e. The Morgan fingerprint density at radius 2 is 1.80 bits per heavy atom. The highest BCUT2D eigenvalue weighted by Gasteiger charge is 2.41. The molecule has 0 aromatic carbocycles. The van der Waals surface area contributed by atoms with E-state index in [1.54, 1.807) is 6.26 Å². The number of halogens is 3. The summed E-state index contributed by atoms with van der Waals surface area (Å²) in [4.78, 5) is 23.9. The van der Waals surface area contributed by atoms with Crippen molar-refractivity contribution in [3.05, 3.63) is 24.2 Å². The van der Waals surface area contributed by atoms with Crippen molar-refractivity contribution in [2.75, 3.05) is 19.6 Å². The first-order valence-corrected chi connectivity index (χ1v) is 10.5. The number of fused-ring (bicyclic) bond motifs is 2. The van der Waals surface area contributed by atoms with Gasteiger partial charge in [0.15, 0.2) is 0 Å². The van der Waals surface area contributed by atoms with E-state index in [4.69, 9.17) is 14.3 Å². The molecular weight excluding hydrogens is 401 g/mol. The number of carboxylic acid groups (broad SMARTS) is 1.